The second kappa shape index (κ2) is 6.14. The van der Waals surface area contributed by atoms with Crippen molar-refractivity contribution in [3.8, 4) is 17.2 Å². The van der Waals surface area contributed by atoms with Crippen LogP contribution in [0, 0.1) is 27.7 Å². The minimum Gasteiger partial charge on any atom is -0.507 e. The van der Waals surface area contributed by atoms with E-state index in [1.807, 2.05) is 58.9 Å². The molecule has 0 atom stereocenters. The summed E-state index contributed by atoms with van der Waals surface area (Å²) in [5.41, 5.74) is 5.63. The molecule has 0 heterocycles. The lowest BCUT2D eigenvalue weighted by Crippen LogP contribution is -1.98. The number of phenolic OH excluding ortho intramolecular Hbond substituents is 1. The lowest BCUT2D eigenvalue weighted by atomic mass is 10.1. The fourth-order valence-corrected chi connectivity index (χ4v) is 2.52. The molecule has 0 aliphatic rings. The smallest absolute Gasteiger partial charge is 0.133 e. The summed E-state index contributed by atoms with van der Waals surface area (Å²) in [5.74, 6) is 1.90. The number of aryl methyl sites for hydroxylation is 4. The Kier molecular flexibility index (Phi) is 4.45. The number of nitrogens with one attached hydrogen (secondary N) is 1. The summed E-state index contributed by atoms with van der Waals surface area (Å²) in [4.78, 5) is 0. The summed E-state index contributed by atoms with van der Waals surface area (Å²) >= 11 is 0. The summed E-state index contributed by atoms with van der Waals surface area (Å²) in [7, 11) is 0. The Hall–Kier alpha value is -2.42. The summed E-state index contributed by atoms with van der Waals surface area (Å²) in [6.45, 7) is 13.6. The summed E-state index contributed by atoms with van der Waals surface area (Å²) < 4.78 is 6.06. The number of aromatic hydroxyl groups is 1. The molecule has 3 nitrogen and oxygen atoms in total. The number of anilines is 1. The molecular formula is C19H23NO2. The third-order valence-electron chi connectivity index (χ3n) is 3.50. The highest BCUT2D eigenvalue weighted by atomic mass is 16.5. The minimum absolute atomic E-state index is 0.321. The highest BCUT2D eigenvalue weighted by molar-refractivity contribution is 5.58. The maximum atomic E-state index is 9.85. The highest BCUT2D eigenvalue weighted by Crippen LogP contribution is 2.34. The molecule has 0 radical (unpaired) electrons. The van der Waals surface area contributed by atoms with Crippen molar-refractivity contribution in [1.29, 1.82) is 0 Å². The van der Waals surface area contributed by atoms with Gasteiger partial charge in [-0.2, -0.15) is 0 Å². The molecule has 2 aromatic rings. The van der Waals surface area contributed by atoms with E-state index >= 15 is 0 Å². The molecule has 0 saturated heterocycles. The molecule has 0 aromatic heterocycles. The fourth-order valence-electron chi connectivity index (χ4n) is 2.52. The van der Waals surface area contributed by atoms with Crippen molar-refractivity contribution >= 4 is 5.69 Å². The van der Waals surface area contributed by atoms with Crippen molar-refractivity contribution in [2.24, 2.45) is 0 Å². The van der Waals surface area contributed by atoms with Gasteiger partial charge in [0.1, 0.15) is 17.2 Å². The fraction of sp³-hybridized carbons (Fsp3) is 0.263. The predicted octanol–water partition coefficient (Wildman–Crippen LogP) is 5.36. The first kappa shape index (κ1) is 16.0. The average molecular weight is 297 g/mol. The zero-order valence-corrected chi connectivity index (χ0v) is 13.9. The van der Waals surface area contributed by atoms with Gasteiger partial charge in [-0.3, -0.25) is 0 Å². The summed E-state index contributed by atoms with van der Waals surface area (Å²) in [6, 6.07) is 7.77. The van der Waals surface area contributed by atoms with E-state index in [0.29, 0.717) is 5.75 Å². The lowest BCUT2D eigenvalue weighted by molar-refractivity contribution is 0.454. The van der Waals surface area contributed by atoms with Crippen molar-refractivity contribution in [3.05, 3.63) is 58.8 Å². The van der Waals surface area contributed by atoms with Crippen LogP contribution in [0.15, 0.2) is 36.5 Å². The second-order valence-electron chi connectivity index (χ2n) is 5.85. The van der Waals surface area contributed by atoms with Crippen molar-refractivity contribution in [2.45, 2.75) is 34.6 Å². The molecule has 0 unspecified atom stereocenters. The molecule has 0 fully saturated rings. The number of phenols is 1. The Morgan fingerprint density at radius 3 is 1.91 bits per heavy atom. The van der Waals surface area contributed by atoms with Crippen molar-refractivity contribution in [2.75, 3.05) is 5.32 Å². The minimum atomic E-state index is 0.321. The van der Waals surface area contributed by atoms with Gasteiger partial charge in [0.15, 0.2) is 0 Å². The van der Waals surface area contributed by atoms with E-state index < -0.39 is 0 Å². The molecule has 0 bridgehead atoms. The van der Waals surface area contributed by atoms with Crippen LogP contribution < -0.4 is 10.1 Å². The maximum Gasteiger partial charge on any atom is 0.133 e. The molecule has 0 amide bonds. The molecule has 2 N–H and O–H groups in total. The quantitative estimate of drug-likeness (QED) is 0.797. The van der Waals surface area contributed by atoms with Crippen LogP contribution in [0.1, 0.15) is 29.2 Å². The second-order valence-corrected chi connectivity index (χ2v) is 5.85. The van der Waals surface area contributed by atoms with Crippen LogP contribution in [0.3, 0.4) is 0 Å². The molecular weight excluding hydrogens is 274 g/mol. The molecule has 2 rings (SSSR count). The lowest BCUT2D eigenvalue weighted by Gasteiger charge is -2.16. The van der Waals surface area contributed by atoms with E-state index in [1.165, 1.54) is 0 Å². The first-order valence-electron chi connectivity index (χ1n) is 7.29. The van der Waals surface area contributed by atoms with Gasteiger partial charge in [0.25, 0.3) is 0 Å². The number of ether oxygens (including phenoxy) is 1. The van der Waals surface area contributed by atoms with Crippen molar-refractivity contribution in [3.63, 3.8) is 0 Å². The standard InChI is InChI=1S/C19H23NO2/c1-11(2)20-16-7-14(5)19(15(6)8-16)22-17-9-12(3)18(21)13(4)10-17/h7-10,20-21H,1H2,2-6H3. The molecule has 3 heteroatoms. The third kappa shape index (κ3) is 3.42. The van der Waals surface area contributed by atoms with Gasteiger partial charge in [-0.05, 0) is 81.1 Å². The maximum absolute atomic E-state index is 9.85. The largest absolute Gasteiger partial charge is 0.507 e. The van der Waals surface area contributed by atoms with Crippen LogP contribution in [0.5, 0.6) is 17.2 Å². The van der Waals surface area contributed by atoms with Crippen LogP contribution >= 0.6 is 0 Å². The number of rotatable bonds is 4. The van der Waals surface area contributed by atoms with Gasteiger partial charge in [-0.1, -0.05) is 6.58 Å². The van der Waals surface area contributed by atoms with Gasteiger partial charge in [0, 0.05) is 11.4 Å². The van der Waals surface area contributed by atoms with Crippen LogP contribution in [0.2, 0.25) is 0 Å². The highest BCUT2D eigenvalue weighted by Gasteiger charge is 2.10. The Labute approximate surface area is 132 Å². The molecule has 2 aromatic carbocycles. The average Bonchev–Trinajstić information content (AvgIpc) is 2.39. The van der Waals surface area contributed by atoms with Crippen LogP contribution in [0.25, 0.3) is 0 Å². The van der Waals surface area contributed by atoms with E-state index in [2.05, 4.69) is 11.9 Å². The van der Waals surface area contributed by atoms with Gasteiger partial charge >= 0.3 is 0 Å². The van der Waals surface area contributed by atoms with Gasteiger partial charge < -0.3 is 15.2 Å². The van der Waals surface area contributed by atoms with E-state index in [-0.39, 0.29) is 0 Å². The monoisotopic (exact) mass is 297 g/mol. The van der Waals surface area contributed by atoms with Crippen LogP contribution in [-0.2, 0) is 0 Å². The zero-order chi connectivity index (χ0) is 16.4. The number of hydrogen-bond acceptors (Lipinski definition) is 3. The first-order valence-corrected chi connectivity index (χ1v) is 7.29. The number of hydrogen-bond donors (Lipinski definition) is 2. The molecule has 0 aliphatic heterocycles. The molecule has 0 spiro atoms. The molecule has 22 heavy (non-hydrogen) atoms. The number of allylic oxidation sites excluding steroid dienone is 1. The van der Waals surface area contributed by atoms with Crippen molar-refractivity contribution in [1.82, 2.24) is 0 Å². The molecule has 0 saturated carbocycles. The Morgan fingerprint density at radius 2 is 1.45 bits per heavy atom. The van der Waals surface area contributed by atoms with E-state index in [0.717, 1.165) is 45.1 Å². The van der Waals surface area contributed by atoms with Gasteiger partial charge in [-0.25, -0.2) is 0 Å². The van der Waals surface area contributed by atoms with Crippen LogP contribution in [-0.4, -0.2) is 5.11 Å². The van der Waals surface area contributed by atoms with E-state index in [9.17, 15) is 5.11 Å². The normalized spacial score (nSPS) is 10.4. The molecule has 116 valence electrons. The van der Waals surface area contributed by atoms with E-state index in [4.69, 9.17) is 4.74 Å². The number of benzene rings is 2. The summed E-state index contributed by atoms with van der Waals surface area (Å²) in [6.07, 6.45) is 0. The SMILES string of the molecule is C=C(C)Nc1cc(C)c(Oc2cc(C)c(O)c(C)c2)c(C)c1. The topological polar surface area (TPSA) is 41.5 Å². The van der Waals surface area contributed by atoms with Crippen LogP contribution in [0.4, 0.5) is 5.69 Å². The predicted molar refractivity (Wildman–Crippen MR) is 92.0 cm³/mol. The van der Waals surface area contributed by atoms with Crippen molar-refractivity contribution < 1.29 is 9.84 Å². The Morgan fingerprint density at radius 1 is 0.955 bits per heavy atom. The van der Waals surface area contributed by atoms with Gasteiger partial charge in [-0.15, -0.1) is 0 Å². The van der Waals surface area contributed by atoms with Gasteiger partial charge in [0.05, 0.1) is 0 Å². The zero-order valence-electron chi connectivity index (χ0n) is 13.9. The Balaban J connectivity index is 2.36. The van der Waals surface area contributed by atoms with E-state index in [1.54, 1.807) is 0 Å². The third-order valence-corrected chi connectivity index (χ3v) is 3.50. The first-order chi connectivity index (χ1) is 10.3. The molecule has 0 aliphatic carbocycles. The van der Waals surface area contributed by atoms with Gasteiger partial charge in [0.2, 0.25) is 0 Å². The summed E-state index contributed by atoms with van der Waals surface area (Å²) in [5, 5.41) is 13.1. The Bertz CT molecular complexity index is 686.